The molecular weight excluding hydrogens is 222 g/mol. The molecule has 3 rings (SSSR count). The minimum Gasteiger partial charge on any atom is -0.382 e. The van der Waals surface area contributed by atoms with Gasteiger partial charge in [-0.15, -0.1) is 0 Å². The maximum absolute atomic E-state index is 5.93. The maximum atomic E-state index is 5.93. The second-order valence-electron chi connectivity index (χ2n) is 4.55. The Bertz CT molecular complexity index is 698. The molecule has 90 valence electrons. The van der Waals surface area contributed by atoms with Crippen LogP contribution < -0.4 is 5.73 Å². The molecule has 0 radical (unpaired) electrons. The molecule has 0 saturated carbocycles. The average molecular weight is 237 g/mol. The van der Waals surface area contributed by atoms with E-state index in [-0.39, 0.29) is 0 Å². The van der Waals surface area contributed by atoms with E-state index in [1.54, 1.807) is 0 Å². The molecule has 1 aromatic heterocycles. The predicted octanol–water partition coefficient (Wildman–Crippen LogP) is 2.98. The van der Waals surface area contributed by atoms with Crippen molar-refractivity contribution < 1.29 is 0 Å². The Morgan fingerprint density at radius 1 is 1.11 bits per heavy atom. The van der Waals surface area contributed by atoms with E-state index in [0.29, 0.717) is 5.82 Å². The van der Waals surface area contributed by atoms with E-state index in [9.17, 15) is 0 Å². The molecular formula is C15H15N3. The molecule has 0 unspecified atom stereocenters. The van der Waals surface area contributed by atoms with Crippen molar-refractivity contribution in [2.45, 2.75) is 13.5 Å². The van der Waals surface area contributed by atoms with E-state index in [1.165, 1.54) is 11.1 Å². The number of aryl methyl sites for hydroxylation is 1. The van der Waals surface area contributed by atoms with Crippen molar-refractivity contribution in [2.24, 2.45) is 0 Å². The molecule has 0 fully saturated rings. The normalized spacial score (nSPS) is 10.9. The third-order valence-corrected chi connectivity index (χ3v) is 3.10. The second kappa shape index (κ2) is 4.18. The zero-order valence-electron chi connectivity index (χ0n) is 10.3. The lowest BCUT2D eigenvalue weighted by Crippen LogP contribution is -2.02. The number of nitrogens with zero attached hydrogens (tertiary/aromatic N) is 2. The Kier molecular flexibility index (Phi) is 2.52. The van der Waals surface area contributed by atoms with Crippen LogP contribution in [-0.2, 0) is 6.54 Å². The summed E-state index contributed by atoms with van der Waals surface area (Å²) in [6.07, 6.45) is 0. The highest BCUT2D eigenvalue weighted by Crippen LogP contribution is 2.20. The highest BCUT2D eigenvalue weighted by Gasteiger charge is 2.07. The summed E-state index contributed by atoms with van der Waals surface area (Å²) in [5.74, 6) is 0.596. The van der Waals surface area contributed by atoms with Crippen molar-refractivity contribution in [3.8, 4) is 0 Å². The average Bonchev–Trinajstić information content (AvgIpc) is 2.67. The molecule has 0 bridgehead atoms. The van der Waals surface area contributed by atoms with Crippen molar-refractivity contribution in [1.82, 2.24) is 9.78 Å². The first-order chi connectivity index (χ1) is 8.74. The number of hydrogen-bond donors (Lipinski definition) is 1. The lowest BCUT2D eigenvalue weighted by Gasteiger charge is -2.04. The topological polar surface area (TPSA) is 43.8 Å². The van der Waals surface area contributed by atoms with Crippen LogP contribution in [0.1, 0.15) is 11.1 Å². The number of hydrogen-bond acceptors (Lipinski definition) is 2. The minimum atomic E-state index is 0.596. The van der Waals surface area contributed by atoms with Crippen LogP contribution in [0.25, 0.3) is 10.9 Å². The smallest absolute Gasteiger partial charge is 0.153 e. The van der Waals surface area contributed by atoms with Gasteiger partial charge in [0.2, 0.25) is 0 Å². The summed E-state index contributed by atoms with van der Waals surface area (Å²) in [4.78, 5) is 0. The molecule has 2 N–H and O–H groups in total. The van der Waals surface area contributed by atoms with Crippen LogP contribution in [0.3, 0.4) is 0 Å². The molecule has 0 aliphatic heterocycles. The Hall–Kier alpha value is -2.29. The van der Waals surface area contributed by atoms with E-state index in [2.05, 4.69) is 42.4 Å². The zero-order chi connectivity index (χ0) is 12.5. The molecule has 18 heavy (non-hydrogen) atoms. The lowest BCUT2D eigenvalue weighted by atomic mass is 10.1. The fourth-order valence-corrected chi connectivity index (χ4v) is 2.26. The van der Waals surface area contributed by atoms with Gasteiger partial charge in [-0.05, 0) is 24.6 Å². The summed E-state index contributed by atoms with van der Waals surface area (Å²) in [5, 5.41) is 5.43. The fourth-order valence-electron chi connectivity index (χ4n) is 2.26. The number of fused-ring (bicyclic) bond motifs is 1. The van der Waals surface area contributed by atoms with Gasteiger partial charge in [-0.25, -0.2) is 0 Å². The van der Waals surface area contributed by atoms with Crippen molar-refractivity contribution in [3.05, 3.63) is 59.7 Å². The molecule has 0 aliphatic carbocycles. The van der Waals surface area contributed by atoms with Gasteiger partial charge in [0.05, 0.1) is 12.1 Å². The number of benzene rings is 2. The van der Waals surface area contributed by atoms with Gasteiger partial charge in [0.25, 0.3) is 0 Å². The van der Waals surface area contributed by atoms with Crippen LogP contribution >= 0.6 is 0 Å². The van der Waals surface area contributed by atoms with Gasteiger partial charge in [0.1, 0.15) is 0 Å². The van der Waals surface area contributed by atoms with Gasteiger partial charge in [-0.1, -0.05) is 42.0 Å². The molecule has 2 aromatic carbocycles. The molecule has 0 spiro atoms. The highest BCUT2D eigenvalue weighted by molar-refractivity contribution is 5.89. The van der Waals surface area contributed by atoms with Gasteiger partial charge in [0.15, 0.2) is 5.82 Å². The van der Waals surface area contributed by atoms with Crippen LogP contribution in [0, 0.1) is 6.92 Å². The summed E-state index contributed by atoms with van der Waals surface area (Å²) < 4.78 is 1.96. The van der Waals surface area contributed by atoms with E-state index < -0.39 is 0 Å². The minimum absolute atomic E-state index is 0.596. The Morgan fingerprint density at radius 3 is 2.78 bits per heavy atom. The second-order valence-corrected chi connectivity index (χ2v) is 4.55. The number of nitrogen functional groups attached to an aromatic ring is 1. The third-order valence-electron chi connectivity index (χ3n) is 3.10. The molecule has 0 amide bonds. The van der Waals surface area contributed by atoms with E-state index >= 15 is 0 Å². The molecule has 3 nitrogen and oxygen atoms in total. The maximum Gasteiger partial charge on any atom is 0.153 e. The summed E-state index contributed by atoms with van der Waals surface area (Å²) in [6, 6.07) is 16.5. The first-order valence-corrected chi connectivity index (χ1v) is 6.00. The number of rotatable bonds is 2. The first kappa shape index (κ1) is 10.8. The zero-order valence-corrected chi connectivity index (χ0v) is 10.3. The summed E-state index contributed by atoms with van der Waals surface area (Å²) in [7, 11) is 0. The first-order valence-electron chi connectivity index (χ1n) is 6.00. The SMILES string of the molecule is Cc1cccc(Cn2nc(N)c3ccccc32)c1. The van der Waals surface area contributed by atoms with Crippen LogP contribution in [0.4, 0.5) is 5.82 Å². The Morgan fingerprint density at radius 2 is 1.94 bits per heavy atom. The molecule has 1 heterocycles. The molecule has 0 aliphatic rings. The standard InChI is InChI=1S/C15H15N3/c1-11-5-4-6-12(9-11)10-18-14-8-3-2-7-13(14)15(16)17-18/h2-9H,10H2,1H3,(H2,16,17). The third kappa shape index (κ3) is 1.84. The monoisotopic (exact) mass is 237 g/mol. The quantitative estimate of drug-likeness (QED) is 0.744. The molecule has 3 heteroatoms. The number of anilines is 1. The van der Waals surface area contributed by atoms with Gasteiger partial charge in [-0.3, -0.25) is 4.68 Å². The largest absolute Gasteiger partial charge is 0.382 e. The van der Waals surface area contributed by atoms with Crippen molar-refractivity contribution in [1.29, 1.82) is 0 Å². The van der Waals surface area contributed by atoms with E-state index in [0.717, 1.165) is 17.4 Å². The summed E-state index contributed by atoms with van der Waals surface area (Å²) >= 11 is 0. The van der Waals surface area contributed by atoms with Gasteiger partial charge < -0.3 is 5.73 Å². The van der Waals surface area contributed by atoms with Crippen molar-refractivity contribution in [2.75, 3.05) is 5.73 Å². The van der Waals surface area contributed by atoms with Crippen molar-refractivity contribution >= 4 is 16.7 Å². The van der Waals surface area contributed by atoms with Gasteiger partial charge in [-0.2, -0.15) is 5.10 Å². The highest BCUT2D eigenvalue weighted by atomic mass is 15.3. The fraction of sp³-hybridized carbons (Fsp3) is 0.133. The predicted molar refractivity (Wildman–Crippen MR) is 74.4 cm³/mol. The van der Waals surface area contributed by atoms with Gasteiger partial charge in [0, 0.05) is 5.39 Å². The van der Waals surface area contributed by atoms with Crippen molar-refractivity contribution in [3.63, 3.8) is 0 Å². The van der Waals surface area contributed by atoms with Crippen LogP contribution in [0.15, 0.2) is 48.5 Å². The van der Waals surface area contributed by atoms with Crippen LogP contribution in [-0.4, -0.2) is 9.78 Å². The Balaban J connectivity index is 2.05. The molecule has 0 saturated heterocycles. The lowest BCUT2D eigenvalue weighted by molar-refractivity contribution is 0.715. The van der Waals surface area contributed by atoms with Gasteiger partial charge >= 0.3 is 0 Å². The Labute approximate surface area is 106 Å². The van der Waals surface area contributed by atoms with E-state index in [1.807, 2.05) is 22.9 Å². The summed E-state index contributed by atoms with van der Waals surface area (Å²) in [6.45, 7) is 2.85. The molecule has 0 atom stereocenters. The van der Waals surface area contributed by atoms with Crippen LogP contribution in [0.2, 0.25) is 0 Å². The molecule has 3 aromatic rings. The number of nitrogens with two attached hydrogens (primary N) is 1. The number of para-hydroxylation sites is 1. The number of aromatic nitrogens is 2. The summed E-state index contributed by atoms with van der Waals surface area (Å²) in [5.41, 5.74) is 9.51. The van der Waals surface area contributed by atoms with Crippen LogP contribution in [0.5, 0.6) is 0 Å². The van der Waals surface area contributed by atoms with E-state index in [4.69, 9.17) is 5.73 Å².